The van der Waals surface area contributed by atoms with Gasteiger partial charge in [0.2, 0.25) is 0 Å². The smallest absolute Gasteiger partial charge is 0.181 e. The van der Waals surface area contributed by atoms with E-state index in [0.29, 0.717) is 23.6 Å². The zero-order valence-electron chi connectivity index (χ0n) is 16.8. The van der Waals surface area contributed by atoms with Crippen LogP contribution in [0.3, 0.4) is 0 Å². The molecule has 29 heavy (non-hydrogen) atoms. The van der Waals surface area contributed by atoms with Gasteiger partial charge in [0.05, 0.1) is 28.8 Å². The molecule has 152 valence electrons. The fourth-order valence-electron chi connectivity index (χ4n) is 4.17. The second-order valence-electron chi connectivity index (χ2n) is 8.51. The largest absolute Gasteiger partial charge is 0.292 e. The van der Waals surface area contributed by atoms with Gasteiger partial charge in [0.1, 0.15) is 5.69 Å². The Labute approximate surface area is 171 Å². The Morgan fingerprint density at radius 2 is 1.93 bits per heavy atom. The van der Waals surface area contributed by atoms with Crippen LogP contribution in [0.25, 0.3) is 11.3 Å². The molecule has 1 saturated heterocycles. The first-order valence-electron chi connectivity index (χ1n) is 10.2. The number of ketones is 1. The summed E-state index contributed by atoms with van der Waals surface area (Å²) in [5.41, 5.74) is 3.94. The lowest BCUT2D eigenvalue weighted by Gasteiger charge is -2.13. The van der Waals surface area contributed by atoms with E-state index >= 15 is 0 Å². The van der Waals surface area contributed by atoms with Crippen molar-refractivity contribution in [1.29, 1.82) is 5.26 Å². The first-order valence-corrected chi connectivity index (χ1v) is 12.0. The van der Waals surface area contributed by atoms with E-state index in [1.807, 2.05) is 30.7 Å². The first-order chi connectivity index (χ1) is 13.8. The molecular formula is C22H25N3O3S. The molecule has 0 radical (unpaired) electrons. The van der Waals surface area contributed by atoms with Crippen molar-refractivity contribution in [2.24, 2.45) is 5.92 Å². The molecule has 0 N–H and O–H groups in total. The minimum atomic E-state index is -3.01. The van der Waals surface area contributed by atoms with E-state index in [4.69, 9.17) is 10.4 Å². The molecule has 1 unspecified atom stereocenters. The van der Waals surface area contributed by atoms with Crippen LogP contribution in [0.15, 0.2) is 24.3 Å². The Hall–Kier alpha value is -2.46. The number of rotatable bonds is 6. The molecule has 2 aliphatic rings. The van der Waals surface area contributed by atoms with E-state index in [9.17, 15) is 13.2 Å². The van der Waals surface area contributed by atoms with Gasteiger partial charge in [-0.25, -0.2) is 8.42 Å². The molecule has 1 saturated carbocycles. The fourth-order valence-corrected chi connectivity index (χ4v) is 6.03. The van der Waals surface area contributed by atoms with Crippen molar-refractivity contribution in [1.82, 2.24) is 9.78 Å². The highest BCUT2D eigenvalue weighted by atomic mass is 32.2. The summed E-state index contributed by atoms with van der Waals surface area (Å²) in [4.78, 5) is 13.3. The minimum absolute atomic E-state index is 0.00454. The average molecular weight is 412 g/mol. The van der Waals surface area contributed by atoms with Gasteiger partial charge in [-0.2, -0.15) is 10.4 Å². The van der Waals surface area contributed by atoms with E-state index in [0.717, 1.165) is 29.7 Å². The Morgan fingerprint density at radius 1 is 1.24 bits per heavy atom. The number of nitriles is 1. The van der Waals surface area contributed by atoms with Gasteiger partial charge in [-0.15, -0.1) is 0 Å². The highest BCUT2D eigenvalue weighted by Gasteiger charge is 2.37. The number of nitrogens with zero attached hydrogens (tertiary/aromatic N) is 3. The molecule has 1 aliphatic heterocycles. The zero-order valence-corrected chi connectivity index (χ0v) is 17.6. The number of sulfone groups is 1. The molecular weight excluding hydrogens is 386 g/mol. The molecule has 2 aromatic rings. The number of carbonyl (C=O) groups is 1. The van der Waals surface area contributed by atoms with Gasteiger partial charge in [-0.1, -0.05) is 12.1 Å². The van der Waals surface area contributed by atoms with Crippen LogP contribution in [0, 0.1) is 17.2 Å². The highest BCUT2D eigenvalue weighted by Crippen LogP contribution is 2.47. The Morgan fingerprint density at radius 3 is 2.45 bits per heavy atom. The number of benzene rings is 1. The molecule has 6 nitrogen and oxygen atoms in total. The maximum Gasteiger partial charge on any atom is 0.181 e. The number of aromatic nitrogens is 2. The second kappa shape index (κ2) is 7.42. The van der Waals surface area contributed by atoms with E-state index in [-0.39, 0.29) is 35.7 Å². The third-order valence-electron chi connectivity index (χ3n) is 5.77. The molecule has 2 heterocycles. The van der Waals surface area contributed by atoms with E-state index in [2.05, 4.69) is 6.07 Å². The summed E-state index contributed by atoms with van der Waals surface area (Å²) < 4.78 is 25.4. The second-order valence-corrected chi connectivity index (χ2v) is 10.7. The van der Waals surface area contributed by atoms with Crippen LogP contribution in [-0.4, -0.2) is 35.5 Å². The Kier molecular flexibility index (Phi) is 5.07. The molecule has 0 amide bonds. The summed E-state index contributed by atoms with van der Waals surface area (Å²) in [5.74, 6) is 0.499. The molecule has 7 heteroatoms. The van der Waals surface area contributed by atoms with Crippen molar-refractivity contribution < 1.29 is 13.2 Å². The first kappa shape index (κ1) is 19.8. The van der Waals surface area contributed by atoms with Gasteiger partial charge in [0.25, 0.3) is 0 Å². The summed E-state index contributed by atoms with van der Waals surface area (Å²) in [6, 6.07) is 9.45. The van der Waals surface area contributed by atoms with Crippen molar-refractivity contribution in [3.63, 3.8) is 0 Å². The van der Waals surface area contributed by atoms with Gasteiger partial charge in [-0.3, -0.25) is 9.48 Å². The van der Waals surface area contributed by atoms with Crippen LogP contribution in [0.4, 0.5) is 0 Å². The SMILES string of the molecule is CC(C)n1nc(-c2ccc(C#N)cc2)c(C2CC2)c1C(=O)CC1CCS(=O)(=O)C1. The molecule has 0 bridgehead atoms. The molecule has 2 fully saturated rings. The van der Waals surface area contributed by atoms with Crippen LogP contribution in [-0.2, 0) is 9.84 Å². The van der Waals surface area contributed by atoms with Crippen molar-refractivity contribution in [3.05, 3.63) is 41.1 Å². The lowest BCUT2D eigenvalue weighted by Crippen LogP contribution is -2.17. The summed E-state index contributed by atoms with van der Waals surface area (Å²) >= 11 is 0. The molecule has 0 spiro atoms. The van der Waals surface area contributed by atoms with Gasteiger partial charge in [0, 0.05) is 23.6 Å². The monoisotopic (exact) mass is 411 g/mol. The quantitative estimate of drug-likeness (QED) is 0.672. The Bertz CT molecular complexity index is 1090. The van der Waals surface area contributed by atoms with Crippen LogP contribution >= 0.6 is 0 Å². The normalized spacial score (nSPS) is 20.7. The third-order valence-corrected chi connectivity index (χ3v) is 7.61. The van der Waals surface area contributed by atoms with Gasteiger partial charge in [0.15, 0.2) is 15.6 Å². The minimum Gasteiger partial charge on any atom is -0.292 e. The average Bonchev–Trinajstić information content (AvgIpc) is 3.35. The Balaban J connectivity index is 1.75. The van der Waals surface area contributed by atoms with E-state index in [1.165, 1.54) is 0 Å². The number of carbonyl (C=O) groups excluding carboxylic acids is 1. The summed E-state index contributed by atoms with van der Waals surface area (Å²) in [6.45, 7) is 4.01. The molecule has 1 aliphatic carbocycles. The predicted octanol–water partition coefficient (Wildman–Crippen LogP) is 3.89. The molecule has 1 aromatic carbocycles. The van der Waals surface area contributed by atoms with Crippen LogP contribution in [0.1, 0.15) is 73.1 Å². The third kappa shape index (κ3) is 3.99. The maximum atomic E-state index is 13.3. The number of hydrogen-bond acceptors (Lipinski definition) is 5. The highest BCUT2D eigenvalue weighted by molar-refractivity contribution is 7.91. The fraction of sp³-hybridized carbons (Fsp3) is 0.500. The van der Waals surface area contributed by atoms with E-state index < -0.39 is 9.84 Å². The van der Waals surface area contributed by atoms with Crippen LogP contribution < -0.4 is 0 Å². The molecule has 4 rings (SSSR count). The van der Waals surface area contributed by atoms with Crippen LogP contribution in [0.5, 0.6) is 0 Å². The predicted molar refractivity (Wildman–Crippen MR) is 110 cm³/mol. The standard InChI is InChI=1S/C22H25N3O3S/c1-14(2)25-22(19(26)11-16-9-10-29(27,28)13-16)20(17-7-8-17)21(24-25)18-5-3-15(12-23)4-6-18/h3-6,14,16-17H,7-11,13H2,1-2H3. The maximum absolute atomic E-state index is 13.3. The molecule has 1 aromatic heterocycles. The van der Waals surface area contributed by atoms with Crippen molar-refractivity contribution in [3.8, 4) is 17.3 Å². The van der Waals surface area contributed by atoms with Crippen LogP contribution in [0.2, 0.25) is 0 Å². The summed E-state index contributed by atoms with van der Waals surface area (Å²) in [6.07, 6.45) is 2.88. The summed E-state index contributed by atoms with van der Waals surface area (Å²) in [7, 11) is -3.01. The van der Waals surface area contributed by atoms with Crippen molar-refractivity contribution in [2.45, 2.75) is 51.5 Å². The lowest BCUT2D eigenvalue weighted by molar-refractivity contribution is 0.0952. The van der Waals surface area contributed by atoms with Crippen molar-refractivity contribution >= 4 is 15.6 Å². The van der Waals surface area contributed by atoms with Gasteiger partial charge < -0.3 is 0 Å². The number of Topliss-reactive ketones (excluding diaryl/α,β-unsaturated/α-hetero) is 1. The van der Waals surface area contributed by atoms with E-state index in [1.54, 1.807) is 12.1 Å². The van der Waals surface area contributed by atoms with Gasteiger partial charge >= 0.3 is 0 Å². The number of hydrogen-bond donors (Lipinski definition) is 0. The summed E-state index contributed by atoms with van der Waals surface area (Å²) in [5, 5.41) is 13.9. The van der Waals surface area contributed by atoms with Crippen molar-refractivity contribution in [2.75, 3.05) is 11.5 Å². The zero-order chi connectivity index (χ0) is 20.8. The lowest BCUT2D eigenvalue weighted by atomic mass is 9.95. The van der Waals surface area contributed by atoms with Gasteiger partial charge in [-0.05, 0) is 57.1 Å². The molecule has 1 atom stereocenters. The topological polar surface area (TPSA) is 92.8 Å².